The first-order valence-corrected chi connectivity index (χ1v) is 15.9. The van der Waals surface area contributed by atoms with Gasteiger partial charge in [-0.3, -0.25) is 4.79 Å². The Labute approximate surface area is 272 Å². The van der Waals surface area contributed by atoms with Gasteiger partial charge in [0.05, 0.1) is 23.6 Å². The third-order valence-corrected chi connectivity index (χ3v) is 8.76. The van der Waals surface area contributed by atoms with Crippen molar-refractivity contribution < 1.29 is 39.1 Å². The molecule has 2 aliphatic rings. The van der Waals surface area contributed by atoms with Crippen LogP contribution in [-0.2, 0) is 25.4 Å². The van der Waals surface area contributed by atoms with E-state index in [2.05, 4.69) is 15.5 Å². The normalized spacial score (nSPS) is 30.0. The number of allylic oxidation sites excluding steroid dienone is 2. The lowest BCUT2D eigenvalue weighted by atomic mass is 9.87. The van der Waals surface area contributed by atoms with E-state index in [0.29, 0.717) is 41.8 Å². The van der Waals surface area contributed by atoms with Crippen molar-refractivity contribution in [3.05, 3.63) is 47.1 Å². The molecule has 0 radical (unpaired) electrons. The third-order valence-electron chi connectivity index (χ3n) is 8.76. The average Bonchev–Trinajstić information content (AvgIpc) is 3.53. The zero-order valence-corrected chi connectivity index (χ0v) is 27.9. The molecule has 0 spiro atoms. The average molecular weight is 645 g/mol. The number of nitrogens with two attached hydrogens (primary N) is 1. The van der Waals surface area contributed by atoms with Crippen molar-refractivity contribution in [2.75, 3.05) is 51.0 Å². The predicted octanol–water partition coefficient (Wildman–Crippen LogP) is 4.07. The van der Waals surface area contributed by atoms with Crippen LogP contribution in [0.2, 0.25) is 0 Å². The number of methoxy groups -OCH3 is 2. The minimum Gasteiger partial charge on any atom is -0.506 e. The lowest BCUT2D eigenvalue weighted by Crippen LogP contribution is -2.37. The van der Waals surface area contributed by atoms with Gasteiger partial charge in [0.15, 0.2) is 6.10 Å². The van der Waals surface area contributed by atoms with Crippen molar-refractivity contribution in [1.82, 2.24) is 4.90 Å². The maximum Gasteiger partial charge on any atom is 0.405 e. The molecular formula is C34H52N4O8. The number of aliphatic hydroxyl groups excluding tert-OH is 1. The molecule has 2 amide bonds. The molecule has 7 N–H and O–H groups in total. The van der Waals surface area contributed by atoms with Crippen LogP contribution in [0.3, 0.4) is 0 Å². The van der Waals surface area contributed by atoms with E-state index >= 15 is 0 Å². The number of hydrogen-bond donors (Lipinski definition) is 6. The molecule has 0 saturated carbocycles. The van der Waals surface area contributed by atoms with Crippen molar-refractivity contribution >= 4 is 23.4 Å². The Morgan fingerprint density at radius 2 is 1.85 bits per heavy atom. The number of fused-ring (bicyclic) bond motifs is 2. The number of benzene rings is 1. The summed E-state index contributed by atoms with van der Waals surface area (Å²) in [4.78, 5) is 27.3. The molecule has 6 unspecified atom stereocenters. The molecule has 1 aromatic rings. The van der Waals surface area contributed by atoms with Crippen molar-refractivity contribution in [3.8, 4) is 11.5 Å². The van der Waals surface area contributed by atoms with Crippen molar-refractivity contribution in [3.63, 3.8) is 0 Å². The second-order valence-corrected chi connectivity index (χ2v) is 12.4. The van der Waals surface area contributed by atoms with Gasteiger partial charge < -0.3 is 50.8 Å². The number of phenolic OH excluding ortho intramolecular Hbond substituents is 2. The fourth-order valence-corrected chi connectivity index (χ4v) is 6.15. The quantitative estimate of drug-likeness (QED) is 0.144. The van der Waals surface area contributed by atoms with Crippen LogP contribution in [-0.4, -0.2) is 97.0 Å². The van der Waals surface area contributed by atoms with Gasteiger partial charge in [0.25, 0.3) is 5.91 Å². The number of likely N-dealkylation sites (tertiary alicyclic amines) is 1. The third kappa shape index (κ3) is 9.96. The van der Waals surface area contributed by atoms with Gasteiger partial charge in [0.1, 0.15) is 17.6 Å². The van der Waals surface area contributed by atoms with E-state index < -0.39 is 42.3 Å². The van der Waals surface area contributed by atoms with Gasteiger partial charge in [-0.2, -0.15) is 0 Å². The minimum absolute atomic E-state index is 0.0749. The fourth-order valence-electron chi connectivity index (χ4n) is 6.15. The monoisotopic (exact) mass is 644 g/mol. The Morgan fingerprint density at radius 3 is 2.48 bits per heavy atom. The second kappa shape index (κ2) is 17.4. The summed E-state index contributed by atoms with van der Waals surface area (Å²) >= 11 is 0. The first kappa shape index (κ1) is 36.9. The van der Waals surface area contributed by atoms with E-state index in [-0.39, 0.29) is 23.1 Å². The number of aliphatic hydroxyl groups is 1. The van der Waals surface area contributed by atoms with Crippen LogP contribution in [0.15, 0.2) is 41.5 Å². The molecule has 2 aliphatic heterocycles. The lowest BCUT2D eigenvalue weighted by Gasteiger charge is -2.29. The number of primary amides is 1. The van der Waals surface area contributed by atoms with Gasteiger partial charge in [-0.25, -0.2) is 4.79 Å². The van der Waals surface area contributed by atoms with Gasteiger partial charge in [0, 0.05) is 50.4 Å². The van der Waals surface area contributed by atoms with Crippen LogP contribution in [0.4, 0.5) is 16.2 Å². The fraction of sp³-hybridized carbons (Fsp3) is 0.588. The van der Waals surface area contributed by atoms with E-state index in [1.165, 1.54) is 33.1 Å². The maximum atomic E-state index is 13.2. The molecule has 0 aromatic heterocycles. The Morgan fingerprint density at radius 1 is 1.15 bits per heavy atom. The summed E-state index contributed by atoms with van der Waals surface area (Å²) in [6.45, 7) is 10.6. The molecule has 1 aromatic carbocycles. The summed E-state index contributed by atoms with van der Waals surface area (Å²) in [6.07, 6.45) is 5.52. The highest BCUT2D eigenvalue weighted by atomic mass is 16.6. The van der Waals surface area contributed by atoms with E-state index in [1.807, 2.05) is 13.8 Å². The van der Waals surface area contributed by atoms with Crippen LogP contribution in [0.25, 0.3) is 0 Å². The number of rotatable bonds is 7. The van der Waals surface area contributed by atoms with Gasteiger partial charge in [0.2, 0.25) is 0 Å². The largest absolute Gasteiger partial charge is 0.506 e. The zero-order chi connectivity index (χ0) is 34.0. The predicted molar refractivity (Wildman–Crippen MR) is 178 cm³/mol. The number of phenols is 2. The number of nitrogens with zero attached hydrogens (tertiary/aromatic N) is 1. The van der Waals surface area contributed by atoms with Gasteiger partial charge >= 0.3 is 6.09 Å². The van der Waals surface area contributed by atoms with Crippen LogP contribution in [0.5, 0.6) is 11.5 Å². The lowest BCUT2D eigenvalue weighted by molar-refractivity contribution is -0.112. The first-order valence-electron chi connectivity index (χ1n) is 15.9. The molecule has 1 fully saturated rings. The number of carbonyl (C=O) groups excluding carboxylic acids is 2. The number of aromatic hydroxyl groups is 2. The van der Waals surface area contributed by atoms with E-state index in [0.717, 1.165) is 19.6 Å². The van der Waals surface area contributed by atoms with Gasteiger partial charge in [-0.05, 0) is 64.1 Å². The maximum absolute atomic E-state index is 13.2. The van der Waals surface area contributed by atoms with Crippen molar-refractivity contribution in [2.45, 2.75) is 77.8 Å². The molecule has 256 valence electrons. The summed E-state index contributed by atoms with van der Waals surface area (Å²) in [5.74, 6) is -1.26. The molecule has 0 aliphatic carbocycles. The molecular weight excluding hydrogens is 592 g/mol. The summed E-state index contributed by atoms with van der Waals surface area (Å²) in [5.41, 5.74) is 7.25. The van der Waals surface area contributed by atoms with Crippen LogP contribution in [0.1, 0.15) is 52.5 Å². The van der Waals surface area contributed by atoms with Gasteiger partial charge in [-0.1, -0.05) is 38.2 Å². The van der Waals surface area contributed by atoms with E-state index in [9.17, 15) is 24.9 Å². The number of nitrogens with one attached hydrogen (secondary N) is 2. The number of amides is 2. The molecule has 46 heavy (non-hydrogen) atoms. The van der Waals surface area contributed by atoms with Crippen molar-refractivity contribution in [2.24, 2.45) is 17.6 Å². The Kier molecular flexibility index (Phi) is 13.9. The Balaban J connectivity index is 2.04. The van der Waals surface area contributed by atoms with Gasteiger partial charge in [-0.15, -0.1) is 0 Å². The van der Waals surface area contributed by atoms with Crippen LogP contribution >= 0.6 is 0 Å². The highest BCUT2D eigenvalue weighted by Crippen LogP contribution is 2.42. The Hall–Kier alpha value is -3.58. The molecule has 12 nitrogen and oxygen atoms in total. The molecule has 6 atom stereocenters. The molecule has 2 heterocycles. The number of anilines is 2. The van der Waals surface area contributed by atoms with Crippen molar-refractivity contribution in [1.29, 1.82) is 0 Å². The minimum atomic E-state index is -0.982. The molecule has 12 heteroatoms. The zero-order valence-electron chi connectivity index (χ0n) is 27.9. The molecule has 3 rings (SSSR count). The molecule has 2 bridgehead atoms. The van der Waals surface area contributed by atoms with Crippen LogP contribution < -0.4 is 16.4 Å². The Bertz CT molecular complexity index is 1290. The topological polar surface area (TPSA) is 176 Å². The highest BCUT2D eigenvalue weighted by molar-refractivity contribution is 6.04. The summed E-state index contributed by atoms with van der Waals surface area (Å²) < 4.78 is 16.7. The number of hydrogen-bond acceptors (Lipinski definition) is 10. The summed E-state index contributed by atoms with van der Waals surface area (Å²) in [7, 11) is 2.99. The summed E-state index contributed by atoms with van der Waals surface area (Å²) in [6, 6.07) is 1.34. The first-order chi connectivity index (χ1) is 21.9. The number of carbonyl (C=O) groups is 2. The second-order valence-electron chi connectivity index (χ2n) is 12.4. The molecule has 1 saturated heterocycles. The van der Waals surface area contributed by atoms with E-state index in [4.69, 9.17) is 19.9 Å². The van der Waals surface area contributed by atoms with Crippen LogP contribution in [0, 0.1) is 11.8 Å². The summed E-state index contributed by atoms with van der Waals surface area (Å²) in [5, 5.41) is 40.0. The smallest absolute Gasteiger partial charge is 0.405 e. The number of ether oxygens (including phenoxy) is 3. The standard InChI is InChI=1S/C34H52N4O8/c1-20-16-24-29(36-12-15-38-13-7-8-14-38)26(39)19-25(31(24)41)37-33(42)21(2)10-9-11-27(44-5)32(46-34(35)43)23(4)18-22(3)30(40)28(17-20)45-6/h9-11,18-20,22,27-28,30,32,36,39-41H,7-8,12-17H2,1-6H3,(H2,35,43)(H,37,42)/b11-9-,21-10+,23-18+. The highest BCUT2D eigenvalue weighted by Gasteiger charge is 2.30. The SMILES string of the molecule is COC1/C=C\C=C(/C)C(=O)Nc2cc(O)c(NCCN3CCCC3)c(c2O)CC(C)CC(OC)C(O)C(C)/C=C(\C)C1OC(N)=O. The van der Waals surface area contributed by atoms with E-state index in [1.54, 1.807) is 38.2 Å².